The van der Waals surface area contributed by atoms with Crippen molar-refractivity contribution < 1.29 is 8.42 Å². The van der Waals surface area contributed by atoms with Crippen LogP contribution < -0.4 is 4.90 Å². The number of rotatable bonds is 4. The first-order valence-electron chi connectivity index (χ1n) is 7.86. The molecule has 5 nitrogen and oxygen atoms in total. The van der Waals surface area contributed by atoms with Crippen molar-refractivity contribution in [2.24, 2.45) is 5.10 Å². The second-order valence-corrected chi connectivity index (χ2v) is 8.57. The summed E-state index contributed by atoms with van der Waals surface area (Å²) >= 11 is 5.93. The van der Waals surface area contributed by atoms with Gasteiger partial charge in [-0.1, -0.05) is 35.9 Å². The Hall–Kier alpha value is -2.05. The molecule has 2 aromatic carbocycles. The number of benzene rings is 2. The number of nitrogens with zero attached hydrogens (tertiary/aromatic N) is 3. The predicted octanol–water partition coefficient (Wildman–Crippen LogP) is 3.52. The molecule has 132 valence electrons. The Labute approximate surface area is 153 Å². The van der Waals surface area contributed by atoms with Crippen LogP contribution in [0.1, 0.15) is 23.6 Å². The first kappa shape index (κ1) is 17.8. The van der Waals surface area contributed by atoms with Crippen LogP contribution >= 0.6 is 11.6 Å². The Morgan fingerprint density at radius 3 is 2.20 bits per heavy atom. The van der Waals surface area contributed by atoms with Gasteiger partial charge in [0.25, 0.3) is 0 Å². The Morgan fingerprint density at radius 2 is 1.68 bits per heavy atom. The maximum absolute atomic E-state index is 12.2. The fraction of sp³-hybridized carbons (Fsp3) is 0.278. The number of hydrogen-bond donors (Lipinski definition) is 0. The molecular weight excluding hydrogens is 358 g/mol. The van der Waals surface area contributed by atoms with Crippen molar-refractivity contribution in [1.82, 2.24) is 4.41 Å². The van der Waals surface area contributed by atoms with Crippen LogP contribution in [-0.4, -0.2) is 38.9 Å². The molecule has 0 saturated heterocycles. The maximum Gasteiger partial charge on any atom is 0.247 e. The van der Waals surface area contributed by atoms with Gasteiger partial charge in [0.05, 0.1) is 18.0 Å². The standard InChI is InChI=1S/C18H20ClN3O2S/c1-21(2)16-10-6-14(7-11-16)18-12-17(20-22(18)25(3,23)24)13-4-8-15(19)9-5-13/h4-11,18H,12H2,1-3H3/t18-/m1/s1. The minimum Gasteiger partial charge on any atom is -0.378 e. The van der Waals surface area contributed by atoms with Crippen molar-refractivity contribution in [1.29, 1.82) is 0 Å². The van der Waals surface area contributed by atoms with E-state index < -0.39 is 10.0 Å². The lowest BCUT2D eigenvalue weighted by molar-refractivity contribution is 0.375. The van der Waals surface area contributed by atoms with Gasteiger partial charge in [0.15, 0.2) is 0 Å². The lowest BCUT2D eigenvalue weighted by atomic mass is 9.99. The third kappa shape index (κ3) is 3.80. The molecule has 25 heavy (non-hydrogen) atoms. The number of anilines is 1. The fourth-order valence-corrected chi connectivity index (χ4v) is 3.89. The van der Waals surface area contributed by atoms with Crippen LogP contribution in [0.15, 0.2) is 53.6 Å². The second kappa shape index (κ2) is 6.69. The minimum absolute atomic E-state index is 0.336. The van der Waals surface area contributed by atoms with Crippen LogP contribution in [0.25, 0.3) is 0 Å². The third-order valence-electron chi connectivity index (χ3n) is 4.18. The molecular formula is C18H20ClN3O2S. The predicted molar refractivity (Wildman–Crippen MR) is 103 cm³/mol. The van der Waals surface area contributed by atoms with E-state index in [1.807, 2.05) is 55.4 Å². The third-order valence-corrected chi connectivity index (χ3v) is 5.45. The van der Waals surface area contributed by atoms with Crippen LogP contribution in [0.4, 0.5) is 5.69 Å². The monoisotopic (exact) mass is 377 g/mol. The van der Waals surface area contributed by atoms with Gasteiger partial charge in [-0.2, -0.15) is 9.52 Å². The molecule has 0 radical (unpaired) electrons. The normalized spacial score (nSPS) is 17.5. The second-order valence-electron chi connectivity index (χ2n) is 6.30. The topological polar surface area (TPSA) is 53.0 Å². The highest BCUT2D eigenvalue weighted by Crippen LogP contribution is 2.35. The lowest BCUT2D eigenvalue weighted by Gasteiger charge is -2.22. The first-order chi connectivity index (χ1) is 11.8. The van der Waals surface area contributed by atoms with Crippen molar-refractivity contribution in [3.05, 3.63) is 64.7 Å². The number of sulfonamides is 1. The summed E-state index contributed by atoms with van der Waals surface area (Å²) in [4.78, 5) is 2.00. The van der Waals surface area contributed by atoms with E-state index in [-0.39, 0.29) is 6.04 Å². The van der Waals surface area contributed by atoms with Gasteiger partial charge in [-0.15, -0.1) is 0 Å². The van der Waals surface area contributed by atoms with Crippen molar-refractivity contribution in [3.8, 4) is 0 Å². The molecule has 3 rings (SSSR count). The van der Waals surface area contributed by atoms with E-state index in [4.69, 9.17) is 11.6 Å². The molecule has 2 aromatic rings. The molecule has 0 bridgehead atoms. The molecule has 0 unspecified atom stereocenters. The first-order valence-corrected chi connectivity index (χ1v) is 10.1. The Kier molecular flexibility index (Phi) is 4.75. The van der Waals surface area contributed by atoms with Gasteiger partial charge in [0, 0.05) is 31.2 Å². The average molecular weight is 378 g/mol. The Bertz CT molecular complexity index is 891. The smallest absolute Gasteiger partial charge is 0.247 e. The van der Waals surface area contributed by atoms with Gasteiger partial charge < -0.3 is 4.90 Å². The summed E-state index contributed by atoms with van der Waals surface area (Å²) in [6.07, 6.45) is 1.71. The Morgan fingerprint density at radius 1 is 1.08 bits per heavy atom. The van der Waals surface area contributed by atoms with Crippen LogP contribution in [0.3, 0.4) is 0 Å². The van der Waals surface area contributed by atoms with Crippen molar-refractivity contribution in [3.63, 3.8) is 0 Å². The molecule has 0 saturated carbocycles. The van der Waals surface area contributed by atoms with Crippen molar-refractivity contribution in [2.45, 2.75) is 12.5 Å². The molecule has 1 aliphatic heterocycles. The SMILES string of the molecule is CN(C)c1ccc([C@H]2CC(c3ccc(Cl)cc3)=NN2S(C)(=O)=O)cc1. The van der Waals surface area contributed by atoms with E-state index in [9.17, 15) is 8.42 Å². The van der Waals surface area contributed by atoms with Gasteiger partial charge in [0.2, 0.25) is 10.0 Å². The highest BCUT2D eigenvalue weighted by Gasteiger charge is 2.34. The van der Waals surface area contributed by atoms with Gasteiger partial charge in [-0.05, 0) is 35.4 Å². The van der Waals surface area contributed by atoms with Gasteiger partial charge in [-0.25, -0.2) is 8.42 Å². The summed E-state index contributed by atoms with van der Waals surface area (Å²) in [5, 5.41) is 5.02. The molecule has 1 atom stereocenters. The van der Waals surface area contributed by atoms with E-state index in [0.717, 1.165) is 22.5 Å². The Balaban J connectivity index is 1.95. The summed E-state index contributed by atoms with van der Waals surface area (Å²) < 4.78 is 25.6. The van der Waals surface area contributed by atoms with E-state index in [1.54, 1.807) is 12.1 Å². The molecule has 0 aromatic heterocycles. The molecule has 1 heterocycles. The van der Waals surface area contributed by atoms with Crippen molar-refractivity contribution >= 4 is 33.0 Å². The zero-order chi connectivity index (χ0) is 18.2. The summed E-state index contributed by atoms with van der Waals surface area (Å²) in [5.74, 6) is 0. The number of halogens is 1. The lowest BCUT2D eigenvalue weighted by Crippen LogP contribution is -2.26. The highest BCUT2D eigenvalue weighted by atomic mass is 35.5. The highest BCUT2D eigenvalue weighted by molar-refractivity contribution is 7.88. The van der Waals surface area contributed by atoms with Gasteiger partial charge >= 0.3 is 0 Å². The number of hydrazone groups is 1. The van der Waals surface area contributed by atoms with Crippen LogP contribution in [0.2, 0.25) is 5.02 Å². The van der Waals surface area contributed by atoms with Crippen molar-refractivity contribution in [2.75, 3.05) is 25.3 Å². The summed E-state index contributed by atoms with van der Waals surface area (Å²) in [6.45, 7) is 0. The van der Waals surface area contributed by atoms with Gasteiger partial charge in [0.1, 0.15) is 0 Å². The number of hydrogen-bond acceptors (Lipinski definition) is 4. The average Bonchev–Trinajstić information content (AvgIpc) is 3.01. The molecule has 0 N–H and O–H groups in total. The fourth-order valence-electron chi connectivity index (χ4n) is 2.85. The van der Waals surface area contributed by atoms with E-state index in [2.05, 4.69) is 5.10 Å². The molecule has 0 aliphatic carbocycles. The van der Waals surface area contributed by atoms with E-state index in [1.165, 1.54) is 10.7 Å². The van der Waals surface area contributed by atoms with E-state index >= 15 is 0 Å². The summed E-state index contributed by atoms with van der Waals surface area (Å²) in [5.41, 5.74) is 3.60. The molecule has 0 amide bonds. The zero-order valence-corrected chi connectivity index (χ0v) is 15.9. The molecule has 0 spiro atoms. The molecule has 0 fully saturated rings. The molecule has 1 aliphatic rings. The van der Waals surface area contributed by atoms with Crippen LogP contribution in [0, 0.1) is 0 Å². The zero-order valence-electron chi connectivity index (χ0n) is 14.3. The van der Waals surface area contributed by atoms with Gasteiger partial charge in [-0.3, -0.25) is 0 Å². The molecule has 7 heteroatoms. The maximum atomic E-state index is 12.2. The quantitative estimate of drug-likeness (QED) is 0.819. The summed E-state index contributed by atoms with van der Waals surface area (Å²) in [7, 11) is 0.469. The van der Waals surface area contributed by atoms with Crippen LogP contribution in [-0.2, 0) is 10.0 Å². The summed E-state index contributed by atoms with van der Waals surface area (Å²) in [6, 6.07) is 14.8. The minimum atomic E-state index is -3.47. The largest absolute Gasteiger partial charge is 0.378 e. The van der Waals surface area contributed by atoms with Crippen LogP contribution in [0.5, 0.6) is 0 Å². The van der Waals surface area contributed by atoms with E-state index in [0.29, 0.717) is 11.4 Å².